The van der Waals surface area contributed by atoms with Crippen LogP contribution >= 0.6 is 23.5 Å². The van der Waals surface area contributed by atoms with E-state index < -0.39 is 34.7 Å². The van der Waals surface area contributed by atoms with Crippen molar-refractivity contribution in [1.29, 1.82) is 0 Å². The standard InChI is InChI=1S/C16H17N3O4S2/c17-9(8-4-2-1-3-5-8)12(20)18-10-13(21)19-11(15(22)23)16(6-24-7-16)25-14(10)19/h1-5,9-11,14H,6-7,17H2,(H,18,20)(H,22,23)/t9?,10?,11?,14-/m0/s1. The molecule has 2 amide bonds. The Bertz CT molecular complexity index is 740. The third kappa shape index (κ3) is 2.44. The number of rotatable bonds is 4. The number of nitrogens with one attached hydrogen (secondary N) is 1. The number of benzene rings is 1. The third-order valence-electron chi connectivity index (χ3n) is 4.88. The van der Waals surface area contributed by atoms with E-state index >= 15 is 0 Å². The smallest absolute Gasteiger partial charge is 0.327 e. The monoisotopic (exact) mass is 379 g/mol. The van der Waals surface area contributed by atoms with E-state index in [2.05, 4.69) is 5.32 Å². The zero-order valence-electron chi connectivity index (χ0n) is 13.1. The highest BCUT2D eigenvalue weighted by atomic mass is 32.2. The molecule has 0 radical (unpaired) electrons. The molecule has 4 atom stereocenters. The second kappa shape index (κ2) is 5.93. The first-order valence-electron chi connectivity index (χ1n) is 7.86. The Hall–Kier alpha value is -1.71. The zero-order chi connectivity index (χ0) is 17.8. The van der Waals surface area contributed by atoms with Crippen LogP contribution in [0.15, 0.2) is 30.3 Å². The molecular formula is C16H17N3O4S2. The molecule has 3 aliphatic rings. The van der Waals surface area contributed by atoms with Crippen LogP contribution in [0, 0.1) is 0 Å². The second-order valence-electron chi connectivity index (χ2n) is 6.43. The molecule has 0 aromatic heterocycles. The summed E-state index contributed by atoms with van der Waals surface area (Å²) in [6.45, 7) is 0. The maximum atomic E-state index is 12.5. The average molecular weight is 379 g/mol. The second-order valence-corrected chi connectivity index (χ2v) is 8.94. The van der Waals surface area contributed by atoms with Crippen LogP contribution in [0.25, 0.3) is 0 Å². The molecule has 4 N–H and O–H groups in total. The predicted octanol–water partition coefficient (Wildman–Crippen LogP) is 0.0251. The van der Waals surface area contributed by atoms with Crippen molar-refractivity contribution in [3.63, 3.8) is 0 Å². The number of nitrogens with two attached hydrogens (primary N) is 1. The topological polar surface area (TPSA) is 113 Å². The van der Waals surface area contributed by atoms with E-state index in [1.807, 2.05) is 6.07 Å². The van der Waals surface area contributed by atoms with Gasteiger partial charge in [-0.25, -0.2) is 4.79 Å². The van der Waals surface area contributed by atoms with E-state index in [1.165, 1.54) is 16.7 Å². The fourth-order valence-corrected chi connectivity index (χ4v) is 6.96. The molecule has 3 heterocycles. The van der Waals surface area contributed by atoms with Gasteiger partial charge in [-0.15, -0.1) is 11.8 Å². The van der Waals surface area contributed by atoms with Gasteiger partial charge in [0.15, 0.2) is 0 Å². The summed E-state index contributed by atoms with van der Waals surface area (Å²) in [6.07, 6.45) is 0. The number of nitrogens with zero attached hydrogens (tertiary/aromatic N) is 1. The molecule has 132 valence electrons. The molecule has 25 heavy (non-hydrogen) atoms. The minimum Gasteiger partial charge on any atom is -0.480 e. The van der Waals surface area contributed by atoms with Crippen LogP contribution < -0.4 is 11.1 Å². The molecule has 4 rings (SSSR count). The summed E-state index contributed by atoms with van der Waals surface area (Å²) in [6, 6.07) is 6.54. The van der Waals surface area contributed by atoms with Gasteiger partial charge < -0.3 is 21.1 Å². The number of fused-ring (bicyclic) bond motifs is 1. The number of carbonyl (C=O) groups is 3. The maximum absolute atomic E-state index is 12.5. The molecule has 3 fully saturated rings. The van der Waals surface area contributed by atoms with Crippen molar-refractivity contribution in [2.75, 3.05) is 11.5 Å². The van der Waals surface area contributed by atoms with Crippen molar-refractivity contribution in [2.45, 2.75) is 28.2 Å². The first-order chi connectivity index (χ1) is 11.9. The summed E-state index contributed by atoms with van der Waals surface area (Å²) < 4.78 is -0.433. The van der Waals surface area contributed by atoms with Crippen molar-refractivity contribution in [1.82, 2.24) is 10.2 Å². The normalized spacial score (nSPS) is 30.2. The summed E-state index contributed by atoms with van der Waals surface area (Å²) in [4.78, 5) is 37.9. The van der Waals surface area contributed by atoms with Crippen LogP contribution in [0.2, 0.25) is 0 Å². The Kier molecular flexibility index (Phi) is 3.97. The first kappa shape index (κ1) is 16.7. The van der Waals surface area contributed by atoms with Crippen molar-refractivity contribution >= 4 is 41.3 Å². The van der Waals surface area contributed by atoms with E-state index in [4.69, 9.17) is 5.73 Å². The molecular weight excluding hydrogens is 362 g/mol. The SMILES string of the molecule is NC(C(=O)NC1C(=O)N2C(C(=O)O)C3(CSC3)S[C@@H]12)c1ccccc1. The Morgan fingerprint density at radius 3 is 2.56 bits per heavy atom. The van der Waals surface area contributed by atoms with Gasteiger partial charge in [0, 0.05) is 11.5 Å². The van der Waals surface area contributed by atoms with Crippen molar-refractivity contribution < 1.29 is 19.5 Å². The molecule has 0 saturated carbocycles. The zero-order valence-corrected chi connectivity index (χ0v) is 14.8. The molecule has 3 unspecified atom stereocenters. The highest BCUT2D eigenvalue weighted by Crippen LogP contribution is 2.57. The number of carboxylic acid groups (broad SMARTS) is 1. The lowest BCUT2D eigenvalue weighted by molar-refractivity contribution is -0.161. The van der Waals surface area contributed by atoms with Crippen molar-refractivity contribution in [2.24, 2.45) is 5.73 Å². The minimum atomic E-state index is -0.977. The van der Waals surface area contributed by atoms with Gasteiger partial charge in [0.2, 0.25) is 11.8 Å². The van der Waals surface area contributed by atoms with Gasteiger partial charge >= 0.3 is 5.97 Å². The van der Waals surface area contributed by atoms with Gasteiger partial charge in [0.1, 0.15) is 23.5 Å². The van der Waals surface area contributed by atoms with Crippen LogP contribution in [-0.2, 0) is 14.4 Å². The van der Waals surface area contributed by atoms with Gasteiger partial charge in [-0.05, 0) is 5.56 Å². The minimum absolute atomic E-state index is 0.332. The van der Waals surface area contributed by atoms with E-state index in [9.17, 15) is 19.5 Å². The summed E-state index contributed by atoms with van der Waals surface area (Å²) in [5.41, 5.74) is 6.64. The van der Waals surface area contributed by atoms with Gasteiger partial charge in [0.05, 0.1) is 4.75 Å². The number of thioether (sulfide) groups is 2. The number of carboxylic acids is 1. The number of aliphatic carboxylic acids is 1. The Morgan fingerprint density at radius 1 is 1.32 bits per heavy atom. The average Bonchev–Trinajstić information content (AvgIpc) is 2.92. The lowest BCUT2D eigenvalue weighted by Gasteiger charge is -2.44. The maximum Gasteiger partial charge on any atom is 0.327 e. The molecule has 1 aromatic carbocycles. The first-order valence-corrected chi connectivity index (χ1v) is 9.89. The number of carbonyl (C=O) groups excluding carboxylic acids is 2. The molecule has 1 aromatic rings. The van der Waals surface area contributed by atoms with E-state index in [1.54, 1.807) is 36.0 Å². The predicted molar refractivity (Wildman–Crippen MR) is 95.0 cm³/mol. The fraction of sp³-hybridized carbons (Fsp3) is 0.438. The van der Waals surface area contributed by atoms with Crippen LogP contribution in [0.5, 0.6) is 0 Å². The molecule has 7 nitrogen and oxygen atoms in total. The van der Waals surface area contributed by atoms with Gasteiger partial charge in [0.25, 0.3) is 0 Å². The van der Waals surface area contributed by atoms with E-state index in [-0.39, 0.29) is 11.3 Å². The summed E-state index contributed by atoms with van der Waals surface area (Å²) in [5.74, 6) is -0.333. The number of hydrogen-bond donors (Lipinski definition) is 3. The lowest BCUT2D eigenvalue weighted by atomic mass is 9.95. The number of hydrogen-bond acceptors (Lipinski definition) is 6. The van der Waals surface area contributed by atoms with Gasteiger partial charge in [-0.3, -0.25) is 9.59 Å². The highest BCUT2D eigenvalue weighted by Gasteiger charge is 2.69. The number of β-lactam (4-membered cyclic amide) rings is 1. The molecule has 3 aliphatic heterocycles. The summed E-state index contributed by atoms with van der Waals surface area (Å²) in [5, 5.41) is 11.9. The molecule has 0 bridgehead atoms. The van der Waals surface area contributed by atoms with Crippen LogP contribution in [0.3, 0.4) is 0 Å². The molecule has 0 aliphatic carbocycles. The van der Waals surface area contributed by atoms with Crippen molar-refractivity contribution in [3.8, 4) is 0 Å². The summed E-state index contributed by atoms with van der Waals surface area (Å²) >= 11 is 3.17. The number of amides is 2. The molecule has 3 saturated heterocycles. The van der Waals surface area contributed by atoms with Gasteiger partial charge in [-0.1, -0.05) is 30.3 Å². The Labute approximate surface area is 152 Å². The van der Waals surface area contributed by atoms with E-state index in [0.717, 1.165) is 0 Å². The third-order valence-corrected chi connectivity index (χ3v) is 8.40. The van der Waals surface area contributed by atoms with Crippen LogP contribution in [0.1, 0.15) is 11.6 Å². The Balaban J connectivity index is 1.48. The van der Waals surface area contributed by atoms with Gasteiger partial charge in [-0.2, -0.15) is 11.8 Å². The summed E-state index contributed by atoms with van der Waals surface area (Å²) in [7, 11) is 0. The van der Waals surface area contributed by atoms with E-state index in [0.29, 0.717) is 17.1 Å². The highest BCUT2D eigenvalue weighted by molar-refractivity contribution is 8.08. The van der Waals surface area contributed by atoms with Crippen LogP contribution in [0.4, 0.5) is 0 Å². The Morgan fingerprint density at radius 2 is 2.00 bits per heavy atom. The van der Waals surface area contributed by atoms with Crippen LogP contribution in [-0.4, -0.2) is 61.5 Å². The quantitative estimate of drug-likeness (QED) is 0.633. The largest absolute Gasteiger partial charge is 0.480 e. The molecule has 1 spiro atoms. The lowest BCUT2D eigenvalue weighted by Crippen LogP contribution is -2.71. The van der Waals surface area contributed by atoms with Crippen molar-refractivity contribution in [3.05, 3.63) is 35.9 Å². The molecule has 9 heteroatoms. The fourth-order valence-electron chi connectivity index (χ4n) is 3.50.